The first-order valence-corrected chi connectivity index (χ1v) is 6.87. The number of rotatable bonds is 2. The molecule has 0 fully saturated rings. The molecular weight excluding hydrogens is 244 g/mol. The minimum absolute atomic E-state index is 1.24. The van der Waals surface area contributed by atoms with Gasteiger partial charge in [-0.05, 0) is 57.9 Å². The fourth-order valence-electron chi connectivity index (χ4n) is 2.53. The number of nitrogens with zero attached hydrogens (tertiary/aromatic N) is 2. The first-order chi connectivity index (χ1) is 9.54. The van der Waals surface area contributed by atoms with Crippen molar-refractivity contribution >= 4 is 32.9 Å². The second-order valence-electron chi connectivity index (χ2n) is 5.70. The quantitative estimate of drug-likeness (QED) is 0.642. The minimum Gasteiger partial charge on any atom is -0.378 e. The smallest absolute Gasteiger partial charge is 0.0367 e. The Balaban J connectivity index is 2.24. The summed E-state index contributed by atoms with van der Waals surface area (Å²) in [6.07, 6.45) is 0. The van der Waals surface area contributed by atoms with E-state index in [9.17, 15) is 0 Å². The van der Waals surface area contributed by atoms with Crippen LogP contribution in [0.2, 0.25) is 0 Å². The fourth-order valence-corrected chi connectivity index (χ4v) is 2.53. The molecule has 0 amide bonds. The van der Waals surface area contributed by atoms with Crippen molar-refractivity contribution < 1.29 is 0 Å². The summed E-state index contributed by atoms with van der Waals surface area (Å²) in [7, 11) is 8.30. The molecule has 0 saturated carbocycles. The standard InChI is InChI=1S/C18H20N2/c1-19(2)17-7-5-13-9-14-6-8-18(20(3)4)12-16(14)10-15(13)11-17/h5-12H,1-4H3. The van der Waals surface area contributed by atoms with E-state index in [0.29, 0.717) is 0 Å². The lowest BCUT2D eigenvalue weighted by Gasteiger charge is -2.15. The molecule has 0 saturated heterocycles. The van der Waals surface area contributed by atoms with Gasteiger partial charge >= 0.3 is 0 Å². The van der Waals surface area contributed by atoms with Gasteiger partial charge in [-0.15, -0.1) is 0 Å². The van der Waals surface area contributed by atoms with Crippen LogP contribution in [0.15, 0.2) is 48.5 Å². The maximum Gasteiger partial charge on any atom is 0.0367 e. The average molecular weight is 264 g/mol. The van der Waals surface area contributed by atoms with Crippen LogP contribution in [0.25, 0.3) is 21.5 Å². The summed E-state index contributed by atoms with van der Waals surface area (Å²) in [5.74, 6) is 0. The summed E-state index contributed by atoms with van der Waals surface area (Å²) in [5.41, 5.74) is 2.47. The van der Waals surface area contributed by atoms with Gasteiger partial charge in [0, 0.05) is 39.6 Å². The van der Waals surface area contributed by atoms with Crippen molar-refractivity contribution in [3.63, 3.8) is 0 Å². The summed E-state index contributed by atoms with van der Waals surface area (Å²) in [4.78, 5) is 4.28. The lowest BCUT2D eigenvalue weighted by atomic mass is 10.0. The summed E-state index contributed by atoms with van der Waals surface area (Å²) >= 11 is 0. The Hall–Kier alpha value is -2.22. The Morgan fingerprint density at radius 1 is 0.500 bits per heavy atom. The molecule has 0 spiro atoms. The summed E-state index contributed by atoms with van der Waals surface area (Å²) in [5, 5.41) is 5.17. The number of benzene rings is 3. The molecule has 2 nitrogen and oxygen atoms in total. The average Bonchev–Trinajstić information content (AvgIpc) is 2.43. The van der Waals surface area contributed by atoms with E-state index in [0.717, 1.165) is 0 Å². The van der Waals surface area contributed by atoms with Crippen LogP contribution in [0, 0.1) is 0 Å². The summed E-state index contributed by atoms with van der Waals surface area (Å²) in [6, 6.07) is 17.8. The van der Waals surface area contributed by atoms with Crippen molar-refractivity contribution in [2.75, 3.05) is 38.0 Å². The van der Waals surface area contributed by atoms with Gasteiger partial charge in [0.2, 0.25) is 0 Å². The molecule has 0 aliphatic carbocycles. The van der Waals surface area contributed by atoms with Gasteiger partial charge in [0.05, 0.1) is 0 Å². The molecule has 0 N–H and O–H groups in total. The van der Waals surface area contributed by atoms with Crippen molar-refractivity contribution in [2.24, 2.45) is 0 Å². The van der Waals surface area contributed by atoms with Crippen molar-refractivity contribution in [3.8, 4) is 0 Å². The van der Waals surface area contributed by atoms with Gasteiger partial charge in [-0.25, -0.2) is 0 Å². The Bertz CT molecular complexity index is 710. The van der Waals surface area contributed by atoms with Crippen molar-refractivity contribution in [3.05, 3.63) is 48.5 Å². The Morgan fingerprint density at radius 2 is 0.900 bits per heavy atom. The molecule has 0 aliphatic rings. The first-order valence-electron chi connectivity index (χ1n) is 6.87. The highest BCUT2D eigenvalue weighted by atomic mass is 15.1. The van der Waals surface area contributed by atoms with Gasteiger partial charge in [0.1, 0.15) is 0 Å². The zero-order valence-electron chi connectivity index (χ0n) is 12.5. The van der Waals surface area contributed by atoms with Crippen LogP contribution >= 0.6 is 0 Å². The molecule has 3 aromatic rings. The maximum atomic E-state index is 2.28. The lowest BCUT2D eigenvalue weighted by Crippen LogP contribution is -2.08. The van der Waals surface area contributed by atoms with Gasteiger partial charge < -0.3 is 9.80 Å². The molecule has 0 radical (unpaired) electrons. The summed E-state index contributed by atoms with van der Waals surface area (Å²) < 4.78 is 0. The molecule has 0 heterocycles. The van der Waals surface area contributed by atoms with Gasteiger partial charge in [-0.1, -0.05) is 12.1 Å². The molecule has 2 heteroatoms. The molecule has 3 rings (SSSR count). The third-order valence-electron chi connectivity index (χ3n) is 3.80. The van der Waals surface area contributed by atoms with Crippen molar-refractivity contribution in [1.29, 1.82) is 0 Å². The van der Waals surface area contributed by atoms with E-state index in [1.165, 1.54) is 32.9 Å². The number of fused-ring (bicyclic) bond motifs is 2. The molecule has 102 valence electrons. The van der Waals surface area contributed by atoms with Crippen LogP contribution in [0.4, 0.5) is 11.4 Å². The molecule has 3 aromatic carbocycles. The zero-order valence-corrected chi connectivity index (χ0v) is 12.5. The van der Waals surface area contributed by atoms with E-state index in [-0.39, 0.29) is 0 Å². The predicted molar refractivity (Wildman–Crippen MR) is 90.1 cm³/mol. The SMILES string of the molecule is CN(C)c1ccc2cc3ccc(N(C)C)cc3cc2c1. The van der Waals surface area contributed by atoms with E-state index >= 15 is 0 Å². The van der Waals surface area contributed by atoms with Gasteiger partial charge in [-0.2, -0.15) is 0 Å². The molecule has 0 aliphatic heterocycles. The molecule has 0 unspecified atom stereocenters. The Kier molecular flexibility index (Phi) is 3.01. The lowest BCUT2D eigenvalue weighted by molar-refractivity contribution is 1.13. The molecular formula is C18H20N2. The molecule has 0 atom stereocenters. The van der Waals surface area contributed by atoms with Gasteiger partial charge in [0.15, 0.2) is 0 Å². The second kappa shape index (κ2) is 4.71. The van der Waals surface area contributed by atoms with E-state index < -0.39 is 0 Å². The van der Waals surface area contributed by atoms with E-state index in [1.54, 1.807) is 0 Å². The normalized spacial score (nSPS) is 11.0. The topological polar surface area (TPSA) is 6.48 Å². The highest BCUT2D eigenvalue weighted by Gasteiger charge is 2.03. The monoisotopic (exact) mass is 264 g/mol. The Morgan fingerprint density at radius 3 is 1.30 bits per heavy atom. The Labute approximate surface area is 120 Å². The summed E-state index contributed by atoms with van der Waals surface area (Å²) in [6.45, 7) is 0. The fraction of sp³-hybridized carbons (Fsp3) is 0.222. The van der Waals surface area contributed by atoms with Crippen LogP contribution in [0.1, 0.15) is 0 Å². The third-order valence-corrected chi connectivity index (χ3v) is 3.80. The number of hydrogen-bond donors (Lipinski definition) is 0. The number of hydrogen-bond acceptors (Lipinski definition) is 2. The zero-order chi connectivity index (χ0) is 14.3. The largest absolute Gasteiger partial charge is 0.378 e. The van der Waals surface area contributed by atoms with E-state index in [2.05, 4.69) is 86.5 Å². The van der Waals surface area contributed by atoms with Crippen LogP contribution in [0.5, 0.6) is 0 Å². The minimum atomic E-state index is 1.24. The predicted octanol–water partition coefficient (Wildman–Crippen LogP) is 4.13. The molecule has 20 heavy (non-hydrogen) atoms. The van der Waals surface area contributed by atoms with Crippen molar-refractivity contribution in [1.82, 2.24) is 0 Å². The van der Waals surface area contributed by atoms with Crippen LogP contribution < -0.4 is 9.80 Å². The second-order valence-corrected chi connectivity index (χ2v) is 5.70. The molecule has 0 aromatic heterocycles. The van der Waals surface area contributed by atoms with Crippen molar-refractivity contribution in [2.45, 2.75) is 0 Å². The first kappa shape index (κ1) is 12.8. The van der Waals surface area contributed by atoms with E-state index in [4.69, 9.17) is 0 Å². The van der Waals surface area contributed by atoms with E-state index in [1.807, 2.05) is 0 Å². The number of anilines is 2. The third kappa shape index (κ3) is 2.18. The van der Waals surface area contributed by atoms with Crippen LogP contribution in [-0.2, 0) is 0 Å². The van der Waals surface area contributed by atoms with Crippen LogP contribution in [0.3, 0.4) is 0 Å². The van der Waals surface area contributed by atoms with Gasteiger partial charge in [0.25, 0.3) is 0 Å². The van der Waals surface area contributed by atoms with Crippen LogP contribution in [-0.4, -0.2) is 28.2 Å². The molecule has 0 bridgehead atoms. The highest BCUT2D eigenvalue weighted by Crippen LogP contribution is 2.28. The highest BCUT2D eigenvalue weighted by molar-refractivity contribution is 6.00. The van der Waals surface area contributed by atoms with Gasteiger partial charge in [-0.3, -0.25) is 0 Å². The maximum absolute atomic E-state index is 2.28.